The fourth-order valence-electron chi connectivity index (χ4n) is 4.33. The molecule has 2 aliphatic carbocycles. The maximum atomic E-state index is 11.6. The van der Waals surface area contributed by atoms with Gasteiger partial charge in [0.1, 0.15) is 6.54 Å². The largest absolute Gasteiger partial charge is 0.392 e. The Hall–Kier alpha value is -1.64. The van der Waals surface area contributed by atoms with Gasteiger partial charge in [0.25, 0.3) is 0 Å². The summed E-state index contributed by atoms with van der Waals surface area (Å²) in [4.78, 5) is 17.5. The highest BCUT2D eigenvalue weighted by Crippen LogP contribution is 2.50. The van der Waals surface area contributed by atoms with Crippen molar-refractivity contribution in [3.8, 4) is 11.8 Å². The second kappa shape index (κ2) is 10.1. The summed E-state index contributed by atoms with van der Waals surface area (Å²) in [6.45, 7) is 4.00. The summed E-state index contributed by atoms with van der Waals surface area (Å²) in [6, 6.07) is 0. The van der Waals surface area contributed by atoms with Gasteiger partial charge < -0.3 is 15.1 Å². The van der Waals surface area contributed by atoms with Crippen LogP contribution in [0.3, 0.4) is 0 Å². The van der Waals surface area contributed by atoms with Crippen LogP contribution in [-0.4, -0.2) is 60.1 Å². The number of nitrogens with zero attached hydrogens (tertiary/aromatic N) is 2. The molecule has 0 spiro atoms. The van der Waals surface area contributed by atoms with E-state index in [2.05, 4.69) is 16.8 Å². The molecule has 2 fully saturated rings. The molecular weight excluding hydrogens is 340 g/mol. The van der Waals surface area contributed by atoms with Crippen LogP contribution in [0.4, 0.5) is 0 Å². The van der Waals surface area contributed by atoms with Crippen molar-refractivity contribution in [3.05, 3.63) is 12.2 Å². The molecule has 2 aliphatic rings. The van der Waals surface area contributed by atoms with Gasteiger partial charge >= 0.3 is 0 Å². The van der Waals surface area contributed by atoms with Crippen LogP contribution in [0, 0.1) is 41.4 Å². The topological polar surface area (TPSA) is 73.1 Å². The van der Waals surface area contributed by atoms with Gasteiger partial charge in [0.15, 0.2) is 0 Å². The van der Waals surface area contributed by atoms with Gasteiger partial charge in [0.2, 0.25) is 5.91 Å². The van der Waals surface area contributed by atoms with Crippen molar-refractivity contribution < 1.29 is 15.0 Å². The molecule has 0 bridgehead atoms. The monoisotopic (exact) mass is 374 g/mol. The van der Waals surface area contributed by atoms with Gasteiger partial charge in [-0.05, 0) is 49.9 Å². The number of aliphatic imine (C=N–C) groups is 1. The van der Waals surface area contributed by atoms with E-state index in [4.69, 9.17) is 0 Å². The summed E-state index contributed by atoms with van der Waals surface area (Å²) >= 11 is 0. The molecule has 0 aromatic carbocycles. The van der Waals surface area contributed by atoms with Gasteiger partial charge in [-0.15, -0.1) is 11.8 Å². The van der Waals surface area contributed by atoms with Gasteiger partial charge in [-0.1, -0.05) is 19.1 Å². The molecule has 0 aliphatic heterocycles. The average Bonchev–Trinajstić information content (AvgIpc) is 3.13. The Bertz CT molecular complexity index is 617. The summed E-state index contributed by atoms with van der Waals surface area (Å²) in [6.07, 6.45) is 8.43. The molecule has 27 heavy (non-hydrogen) atoms. The Morgan fingerprint density at radius 1 is 1.33 bits per heavy atom. The van der Waals surface area contributed by atoms with E-state index in [0.717, 1.165) is 19.3 Å². The molecular formula is C22H34N2O3. The van der Waals surface area contributed by atoms with E-state index < -0.39 is 6.10 Å². The summed E-state index contributed by atoms with van der Waals surface area (Å²) in [5, 5.41) is 20.7. The Balaban J connectivity index is 1.90. The van der Waals surface area contributed by atoms with Crippen LogP contribution in [0.25, 0.3) is 0 Å². The average molecular weight is 375 g/mol. The van der Waals surface area contributed by atoms with E-state index in [-0.39, 0.29) is 30.4 Å². The minimum Gasteiger partial charge on any atom is -0.392 e. The minimum absolute atomic E-state index is 0.0107. The van der Waals surface area contributed by atoms with Crippen LogP contribution in [0.5, 0.6) is 0 Å². The highest BCUT2D eigenvalue weighted by molar-refractivity contribution is 5.79. The first kappa shape index (κ1) is 21.7. The number of fused-ring (bicyclic) bond motifs is 1. The lowest BCUT2D eigenvalue weighted by molar-refractivity contribution is -0.127. The lowest BCUT2D eigenvalue weighted by atomic mass is 9.89. The molecule has 5 nitrogen and oxygen atoms in total. The number of amides is 1. The highest BCUT2D eigenvalue weighted by Gasteiger charge is 2.46. The first-order chi connectivity index (χ1) is 12.8. The molecule has 2 N–H and O–H groups in total. The summed E-state index contributed by atoms with van der Waals surface area (Å²) in [5.74, 6) is 7.36. The third-order valence-electron chi connectivity index (χ3n) is 6.02. The van der Waals surface area contributed by atoms with Gasteiger partial charge in [-0.25, -0.2) is 0 Å². The Labute approximate surface area is 163 Å². The summed E-state index contributed by atoms with van der Waals surface area (Å²) in [5.41, 5.74) is 0. The second-order valence-corrected chi connectivity index (χ2v) is 8.30. The molecule has 0 heterocycles. The Kier molecular flexibility index (Phi) is 8.07. The number of aliphatic hydroxyl groups is 2. The first-order valence-corrected chi connectivity index (χ1v) is 9.97. The lowest BCUT2D eigenvalue weighted by Crippen LogP contribution is -2.24. The standard InChI is InChI=1S/C22H34N2O3/c1-5-6-7-15(2)20(25)9-8-18-19-11-16(10-17(19)12-21(18)26)13-23-14-22(27)24(3)4/h8-9,13,15-21,25-26H,7,10-12,14H2,1-4H3/t15-,16?,17-,18+,19-,20+,21+/m0/s1. The van der Waals surface area contributed by atoms with Crippen molar-refractivity contribution in [2.75, 3.05) is 20.6 Å². The Morgan fingerprint density at radius 2 is 2.07 bits per heavy atom. The van der Waals surface area contributed by atoms with E-state index in [1.165, 1.54) is 0 Å². The number of hydrogen-bond donors (Lipinski definition) is 2. The van der Waals surface area contributed by atoms with Crippen LogP contribution in [-0.2, 0) is 4.79 Å². The maximum absolute atomic E-state index is 11.6. The Morgan fingerprint density at radius 3 is 2.74 bits per heavy atom. The molecule has 7 atom stereocenters. The van der Waals surface area contributed by atoms with Gasteiger partial charge in [-0.3, -0.25) is 9.79 Å². The number of carbonyl (C=O) groups excluding carboxylic acids is 1. The summed E-state index contributed by atoms with van der Waals surface area (Å²) in [7, 11) is 3.47. The van der Waals surface area contributed by atoms with E-state index in [1.54, 1.807) is 25.9 Å². The molecule has 1 unspecified atom stereocenters. The van der Waals surface area contributed by atoms with E-state index in [1.807, 2.05) is 25.3 Å². The molecule has 0 aromatic rings. The number of likely N-dealkylation sites (N-methyl/N-ethyl adjacent to an activating group) is 1. The zero-order valence-corrected chi connectivity index (χ0v) is 17.0. The number of rotatable bonds is 7. The SMILES string of the molecule is CC#CC[C@H](C)[C@H](O)C=C[C@@H]1[C@H]2CC(C=NCC(=O)N(C)C)C[C@H]2C[C@H]1O. The predicted octanol–water partition coefficient (Wildman–Crippen LogP) is 2.14. The summed E-state index contributed by atoms with van der Waals surface area (Å²) < 4.78 is 0. The van der Waals surface area contributed by atoms with Crippen LogP contribution in [0.15, 0.2) is 17.1 Å². The van der Waals surface area contributed by atoms with Gasteiger partial charge in [0, 0.05) is 32.6 Å². The molecule has 0 saturated heterocycles. The second-order valence-electron chi connectivity index (χ2n) is 8.30. The fraction of sp³-hybridized carbons (Fsp3) is 0.727. The smallest absolute Gasteiger partial charge is 0.243 e. The fourth-order valence-corrected chi connectivity index (χ4v) is 4.33. The quantitative estimate of drug-likeness (QED) is 0.407. The number of carbonyl (C=O) groups is 1. The molecule has 0 aromatic heterocycles. The van der Waals surface area contributed by atoms with Crippen LogP contribution < -0.4 is 0 Å². The number of aliphatic hydroxyl groups excluding tert-OH is 2. The van der Waals surface area contributed by atoms with E-state index in [0.29, 0.717) is 24.2 Å². The minimum atomic E-state index is -0.534. The third-order valence-corrected chi connectivity index (χ3v) is 6.02. The van der Waals surface area contributed by atoms with Crippen molar-refractivity contribution in [2.24, 2.45) is 34.6 Å². The van der Waals surface area contributed by atoms with Gasteiger partial charge in [0.05, 0.1) is 12.2 Å². The number of hydrogen-bond acceptors (Lipinski definition) is 4. The predicted molar refractivity (Wildman–Crippen MR) is 108 cm³/mol. The van der Waals surface area contributed by atoms with Crippen LogP contribution in [0.1, 0.15) is 39.5 Å². The van der Waals surface area contributed by atoms with Crippen molar-refractivity contribution in [1.82, 2.24) is 4.90 Å². The third kappa shape index (κ3) is 5.92. The van der Waals surface area contributed by atoms with E-state index >= 15 is 0 Å². The van der Waals surface area contributed by atoms with Crippen LogP contribution in [0.2, 0.25) is 0 Å². The molecule has 150 valence electrons. The highest BCUT2D eigenvalue weighted by atomic mass is 16.3. The maximum Gasteiger partial charge on any atom is 0.243 e. The molecule has 2 saturated carbocycles. The van der Waals surface area contributed by atoms with Crippen molar-refractivity contribution in [1.29, 1.82) is 0 Å². The molecule has 0 radical (unpaired) electrons. The van der Waals surface area contributed by atoms with E-state index in [9.17, 15) is 15.0 Å². The molecule has 5 heteroatoms. The van der Waals surface area contributed by atoms with Crippen molar-refractivity contribution in [2.45, 2.75) is 51.7 Å². The zero-order valence-electron chi connectivity index (χ0n) is 17.0. The van der Waals surface area contributed by atoms with Gasteiger partial charge in [-0.2, -0.15) is 0 Å². The normalized spacial score (nSPS) is 32.3. The van der Waals surface area contributed by atoms with Crippen molar-refractivity contribution in [3.63, 3.8) is 0 Å². The molecule has 2 rings (SSSR count). The van der Waals surface area contributed by atoms with Crippen molar-refractivity contribution >= 4 is 12.1 Å². The zero-order chi connectivity index (χ0) is 20.0. The molecule has 1 amide bonds. The lowest BCUT2D eigenvalue weighted by Gasteiger charge is -2.19. The van der Waals surface area contributed by atoms with Crippen LogP contribution >= 0.6 is 0 Å². The first-order valence-electron chi connectivity index (χ1n) is 9.97.